The molecule has 0 aliphatic carbocycles. The lowest BCUT2D eigenvalue weighted by Crippen LogP contribution is -2.21. The van der Waals surface area contributed by atoms with Gasteiger partial charge in [-0.3, -0.25) is 0 Å². The number of benzene rings is 2. The maximum Gasteiger partial charge on any atom is 0.111 e. The molecule has 0 amide bonds. The van der Waals surface area contributed by atoms with Crippen LogP contribution in [0.2, 0.25) is 0 Å². The fraction of sp³-hybridized carbons (Fsp3) is 0.273. The maximum absolute atomic E-state index is 5.69. The fourth-order valence-corrected chi connectivity index (χ4v) is 3.07. The molecular weight excluding hydrogens is 294 g/mol. The van der Waals surface area contributed by atoms with Crippen molar-refractivity contribution in [3.05, 3.63) is 95.4 Å². The summed E-state index contributed by atoms with van der Waals surface area (Å²) in [7, 11) is 0. The third-order valence-electron chi connectivity index (χ3n) is 4.55. The Labute approximate surface area is 144 Å². The van der Waals surface area contributed by atoms with Crippen molar-refractivity contribution in [1.29, 1.82) is 0 Å². The number of aryl methyl sites for hydroxylation is 1. The Morgan fingerprint density at radius 3 is 2.29 bits per heavy atom. The van der Waals surface area contributed by atoms with Crippen molar-refractivity contribution >= 4 is 0 Å². The highest BCUT2D eigenvalue weighted by atomic mass is 16.3. The molecule has 24 heavy (non-hydrogen) atoms. The van der Waals surface area contributed by atoms with E-state index in [9.17, 15) is 0 Å². The normalized spacial score (nSPS) is 13.6. The standard InChI is InChI=1S/C22H25NO/c1-17-10-12-20(13-11-17)21(22-9-6-16-24-22)14-15-23-18(2)19-7-4-3-5-8-19/h3-13,16,18,21,23H,14-15H2,1-2H3/t18-,21-/m1/s1. The molecule has 3 rings (SSSR count). The Morgan fingerprint density at radius 1 is 0.875 bits per heavy atom. The highest BCUT2D eigenvalue weighted by Crippen LogP contribution is 2.28. The van der Waals surface area contributed by atoms with Crippen LogP contribution in [-0.2, 0) is 0 Å². The van der Waals surface area contributed by atoms with Gasteiger partial charge in [0, 0.05) is 12.0 Å². The van der Waals surface area contributed by atoms with E-state index in [1.165, 1.54) is 16.7 Å². The fourth-order valence-electron chi connectivity index (χ4n) is 3.07. The monoisotopic (exact) mass is 319 g/mol. The molecule has 3 aromatic rings. The van der Waals surface area contributed by atoms with Crippen LogP contribution in [0.4, 0.5) is 0 Å². The van der Waals surface area contributed by atoms with Gasteiger partial charge in [0.2, 0.25) is 0 Å². The molecule has 1 heterocycles. The van der Waals surface area contributed by atoms with Gasteiger partial charge >= 0.3 is 0 Å². The molecule has 2 heteroatoms. The SMILES string of the molecule is Cc1ccc([C@@H](CCN[C@H](C)c2ccccc2)c2ccco2)cc1. The molecule has 1 N–H and O–H groups in total. The minimum atomic E-state index is 0.288. The van der Waals surface area contributed by atoms with E-state index in [4.69, 9.17) is 4.42 Å². The van der Waals surface area contributed by atoms with Gasteiger partial charge in [0.05, 0.1) is 6.26 Å². The number of hydrogen-bond acceptors (Lipinski definition) is 2. The number of rotatable bonds is 7. The third-order valence-corrected chi connectivity index (χ3v) is 4.55. The van der Waals surface area contributed by atoms with Gasteiger partial charge in [0.1, 0.15) is 5.76 Å². The van der Waals surface area contributed by atoms with Crippen LogP contribution in [0.5, 0.6) is 0 Å². The van der Waals surface area contributed by atoms with E-state index in [2.05, 4.69) is 79.8 Å². The van der Waals surface area contributed by atoms with Crippen LogP contribution in [0.1, 0.15) is 47.8 Å². The van der Waals surface area contributed by atoms with Crippen LogP contribution >= 0.6 is 0 Å². The predicted molar refractivity (Wildman–Crippen MR) is 99.2 cm³/mol. The summed E-state index contributed by atoms with van der Waals surface area (Å²) in [6.45, 7) is 5.27. The first-order valence-corrected chi connectivity index (χ1v) is 8.62. The first-order chi connectivity index (χ1) is 11.7. The lowest BCUT2D eigenvalue weighted by Gasteiger charge is -2.19. The molecule has 0 radical (unpaired) electrons. The van der Waals surface area contributed by atoms with Gasteiger partial charge in [-0.15, -0.1) is 0 Å². The smallest absolute Gasteiger partial charge is 0.111 e. The summed E-state index contributed by atoms with van der Waals surface area (Å²) in [5.41, 5.74) is 3.92. The number of furan rings is 1. The molecule has 0 fully saturated rings. The number of nitrogens with one attached hydrogen (secondary N) is 1. The summed E-state index contributed by atoms with van der Waals surface area (Å²) in [5.74, 6) is 1.32. The Kier molecular flexibility index (Phi) is 5.50. The first kappa shape index (κ1) is 16.5. The second-order valence-corrected chi connectivity index (χ2v) is 6.35. The lowest BCUT2D eigenvalue weighted by atomic mass is 9.92. The van der Waals surface area contributed by atoms with Gasteiger partial charge in [0.15, 0.2) is 0 Å². The highest BCUT2D eigenvalue weighted by molar-refractivity contribution is 5.30. The summed E-state index contributed by atoms with van der Waals surface area (Å²) in [5, 5.41) is 3.63. The van der Waals surface area contributed by atoms with E-state index in [-0.39, 0.29) is 5.92 Å². The minimum Gasteiger partial charge on any atom is -0.469 e. The average molecular weight is 319 g/mol. The molecule has 1 aromatic heterocycles. The van der Waals surface area contributed by atoms with Crippen molar-refractivity contribution in [2.24, 2.45) is 0 Å². The van der Waals surface area contributed by atoms with Crippen molar-refractivity contribution in [2.75, 3.05) is 6.54 Å². The van der Waals surface area contributed by atoms with Crippen molar-refractivity contribution in [3.8, 4) is 0 Å². The minimum absolute atomic E-state index is 0.288. The van der Waals surface area contributed by atoms with E-state index in [0.29, 0.717) is 6.04 Å². The lowest BCUT2D eigenvalue weighted by molar-refractivity contribution is 0.457. The molecule has 0 aliphatic rings. The van der Waals surface area contributed by atoms with E-state index in [1.807, 2.05) is 6.07 Å². The van der Waals surface area contributed by atoms with Gasteiger partial charge in [-0.05, 0) is 50.1 Å². The van der Waals surface area contributed by atoms with Crippen LogP contribution in [-0.4, -0.2) is 6.54 Å². The summed E-state index contributed by atoms with van der Waals surface area (Å²) < 4.78 is 5.69. The summed E-state index contributed by atoms with van der Waals surface area (Å²) in [6, 6.07) is 23.7. The van der Waals surface area contributed by atoms with Gasteiger partial charge in [-0.25, -0.2) is 0 Å². The Balaban J connectivity index is 1.66. The topological polar surface area (TPSA) is 25.2 Å². The molecule has 0 saturated heterocycles. The number of hydrogen-bond donors (Lipinski definition) is 1. The van der Waals surface area contributed by atoms with Crippen LogP contribution < -0.4 is 5.32 Å². The van der Waals surface area contributed by atoms with Gasteiger partial charge in [-0.1, -0.05) is 60.2 Å². The molecule has 124 valence electrons. The first-order valence-electron chi connectivity index (χ1n) is 8.62. The molecule has 0 unspecified atom stereocenters. The second-order valence-electron chi connectivity index (χ2n) is 6.35. The zero-order valence-corrected chi connectivity index (χ0v) is 14.4. The van der Waals surface area contributed by atoms with Crippen molar-refractivity contribution in [3.63, 3.8) is 0 Å². The van der Waals surface area contributed by atoms with Crippen LogP contribution in [0.15, 0.2) is 77.4 Å². The van der Waals surface area contributed by atoms with Crippen LogP contribution in [0.3, 0.4) is 0 Å². The Hall–Kier alpha value is -2.32. The molecule has 0 saturated carbocycles. The predicted octanol–water partition coefficient (Wildman–Crippen LogP) is 5.46. The van der Waals surface area contributed by atoms with Crippen molar-refractivity contribution in [1.82, 2.24) is 5.32 Å². The van der Waals surface area contributed by atoms with Gasteiger partial charge < -0.3 is 9.73 Å². The molecule has 0 bridgehead atoms. The summed E-state index contributed by atoms with van der Waals surface area (Å²) >= 11 is 0. The Morgan fingerprint density at radius 2 is 1.62 bits per heavy atom. The van der Waals surface area contributed by atoms with Gasteiger partial charge in [0.25, 0.3) is 0 Å². The van der Waals surface area contributed by atoms with E-state index >= 15 is 0 Å². The van der Waals surface area contributed by atoms with E-state index in [1.54, 1.807) is 6.26 Å². The molecule has 2 atom stereocenters. The molecule has 0 spiro atoms. The highest BCUT2D eigenvalue weighted by Gasteiger charge is 2.17. The zero-order chi connectivity index (χ0) is 16.8. The second kappa shape index (κ2) is 7.98. The van der Waals surface area contributed by atoms with Crippen LogP contribution in [0, 0.1) is 6.92 Å². The Bertz CT molecular complexity index is 716. The van der Waals surface area contributed by atoms with E-state index < -0.39 is 0 Å². The van der Waals surface area contributed by atoms with Crippen molar-refractivity contribution < 1.29 is 4.42 Å². The zero-order valence-electron chi connectivity index (χ0n) is 14.4. The average Bonchev–Trinajstić information content (AvgIpc) is 3.15. The van der Waals surface area contributed by atoms with Crippen LogP contribution in [0.25, 0.3) is 0 Å². The third kappa shape index (κ3) is 4.15. The van der Waals surface area contributed by atoms with Gasteiger partial charge in [-0.2, -0.15) is 0 Å². The molecule has 2 nitrogen and oxygen atoms in total. The van der Waals surface area contributed by atoms with Crippen molar-refractivity contribution in [2.45, 2.75) is 32.2 Å². The largest absolute Gasteiger partial charge is 0.469 e. The molecular formula is C22H25NO. The summed E-state index contributed by atoms with van der Waals surface area (Å²) in [6.07, 6.45) is 2.77. The maximum atomic E-state index is 5.69. The summed E-state index contributed by atoms with van der Waals surface area (Å²) in [4.78, 5) is 0. The quantitative estimate of drug-likeness (QED) is 0.625. The molecule has 0 aliphatic heterocycles. The van der Waals surface area contributed by atoms with E-state index in [0.717, 1.165) is 18.7 Å². The molecule has 2 aromatic carbocycles.